The third-order valence-electron chi connectivity index (χ3n) is 4.25. The molecule has 25 heavy (non-hydrogen) atoms. The summed E-state index contributed by atoms with van der Waals surface area (Å²) in [4.78, 5) is 37.4. The molecule has 1 aromatic rings. The Morgan fingerprint density at radius 1 is 1.32 bits per heavy atom. The molecule has 8 heteroatoms. The smallest absolute Gasteiger partial charge is 0.326 e. The van der Waals surface area contributed by atoms with Crippen molar-refractivity contribution < 1.29 is 19.5 Å². The van der Waals surface area contributed by atoms with Crippen molar-refractivity contribution in [3.8, 4) is 0 Å². The minimum absolute atomic E-state index is 0.0749. The van der Waals surface area contributed by atoms with Crippen LogP contribution in [0.15, 0.2) is 30.3 Å². The van der Waals surface area contributed by atoms with E-state index in [0.29, 0.717) is 25.8 Å². The van der Waals surface area contributed by atoms with Crippen LogP contribution in [-0.4, -0.2) is 58.2 Å². The third kappa shape index (κ3) is 4.96. The molecule has 0 spiro atoms. The molecule has 7 nitrogen and oxygen atoms in total. The standard InChI is InChI=1S/C17H23N3O4S/c18-12(9-11-5-2-1-3-6-11)15(21)19-13(10-25)16(22)20-8-4-7-14(20)17(23)24/h1-3,5-6,12-14,25H,4,7-10,18H2,(H,19,21)(H,23,24)/t12-,13-,14+/m0/s1. The van der Waals surface area contributed by atoms with Crippen LogP contribution in [0.5, 0.6) is 0 Å². The van der Waals surface area contributed by atoms with Gasteiger partial charge in [0.15, 0.2) is 0 Å². The number of carboxylic acid groups (broad SMARTS) is 1. The zero-order chi connectivity index (χ0) is 18.4. The fourth-order valence-corrected chi connectivity index (χ4v) is 3.16. The average Bonchev–Trinajstić information content (AvgIpc) is 3.09. The maximum atomic E-state index is 12.6. The molecule has 1 heterocycles. The van der Waals surface area contributed by atoms with Gasteiger partial charge < -0.3 is 21.1 Å². The number of carbonyl (C=O) groups is 3. The first-order chi connectivity index (χ1) is 11.9. The van der Waals surface area contributed by atoms with E-state index in [1.807, 2.05) is 30.3 Å². The second-order valence-corrected chi connectivity index (χ2v) is 6.43. The Labute approximate surface area is 152 Å². The number of benzene rings is 1. The number of nitrogens with zero attached hydrogens (tertiary/aromatic N) is 1. The van der Waals surface area contributed by atoms with Crippen molar-refractivity contribution in [3.05, 3.63) is 35.9 Å². The molecular formula is C17H23N3O4S. The number of thiol groups is 1. The molecule has 1 fully saturated rings. The van der Waals surface area contributed by atoms with Crippen molar-refractivity contribution in [2.45, 2.75) is 37.4 Å². The number of hydrogen-bond donors (Lipinski definition) is 4. The second-order valence-electron chi connectivity index (χ2n) is 6.07. The Hall–Kier alpha value is -2.06. The number of likely N-dealkylation sites (tertiary alicyclic amines) is 1. The van der Waals surface area contributed by atoms with Gasteiger partial charge in [-0.2, -0.15) is 12.6 Å². The molecule has 0 saturated carbocycles. The van der Waals surface area contributed by atoms with Gasteiger partial charge in [0.2, 0.25) is 11.8 Å². The van der Waals surface area contributed by atoms with E-state index < -0.39 is 35.9 Å². The molecule has 1 aliphatic rings. The SMILES string of the molecule is N[C@@H](Cc1ccccc1)C(=O)N[C@@H](CS)C(=O)N1CCC[C@@H]1C(=O)O. The molecule has 2 rings (SSSR count). The molecule has 136 valence electrons. The number of nitrogens with two attached hydrogens (primary N) is 1. The van der Waals surface area contributed by atoms with E-state index in [4.69, 9.17) is 5.73 Å². The van der Waals surface area contributed by atoms with Crippen molar-refractivity contribution in [2.75, 3.05) is 12.3 Å². The largest absolute Gasteiger partial charge is 0.480 e. The Morgan fingerprint density at radius 2 is 2.00 bits per heavy atom. The molecular weight excluding hydrogens is 342 g/mol. The summed E-state index contributed by atoms with van der Waals surface area (Å²) in [5.41, 5.74) is 6.85. The highest BCUT2D eigenvalue weighted by Gasteiger charge is 2.37. The molecule has 3 atom stereocenters. The highest BCUT2D eigenvalue weighted by Crippen LogP contribution is 2.18. The highest BCUT2D eigenvalue weighted by molar-refractivity contribution is 7.80. The lowest BCUT2D eigenvalue weighted by atomic mass is 10.1. The fourth-order valence-electron chi connectivity index (χ4n) is 2.91. The van der Waals surface area contributed by atoms with Gasteiger partial charge in [-0.05, 0) is 24.8 Å². The molecule has 0 aliphatic carbocycles. The van der Waals surface area contributed by atoms with Crippen LogP contribution in [0.25, 0.3) is 0 Å². The third-order valence-corrected chi connectivity index (χ3v) is 4.62. The zero-order valence-electron chi connectivity index (χ0n) is 13.8. The first-order valence-corrected chi connectivity index (χ1v) is 8.81. The van der Waals surface area contributed by atoms with Crippen molar-refractivity contribution in [1.82, 2.24) is 10.2 Å². The summed E-state index contributed by atoms with van der Waals surface area (Å²) in [6.45, 7) is 0.367. The number of aliphatic carboxylic acids is 1. The Bertz CT molecular complexity index is 626. The lowest BCUT2D eigenvalue weighted by Crippen LogP contribution is -2.55. The van der Waals surface area contributed by atoms with Crippen molar-refractivity contribution in [2.24, 2.45) is 5.73 Å². The summed E-state index contributed by atoms with van der Waals surface area (Å²) >= 11 is 4.12. The van der Waals surface area contributed by atoms with Crippen LogP contribution in [0.3, 0.4) is 0 Å². The first kappa shape index (κ1) is 19.3. The van der Waals surface area contributed by atoms with E-state index in [0.717, 1.165) is 5.56 Å². The topological polar surface area (TPSA) is 113 Å². The summed E-state index contributed by atoms with van der Waals surface area (Å²) in [6, 6.07) is 6.80. The second kappa shape index (κ2) is 8.87. The van der Waals surface area contributed by atoms with E-state index in [-0.39, 0.29) is 5.75 Å². The van der Waals surface area contributed by atoms with Gasteiger partial charge in [0, 0.05) is 12.3 Å². The number of amides is 2. The van der Waals surface area contributed by atoms with Crippen molar-refractivity contribution >= 4 is 30.4 Å². The Morgan fingerprint density at radius 3 is 2.60 bits per heavy atom. The quantitative estimate of drug-likeness (QED) is 0.510. The van der Waals surface area contributed by atoms with Gasteiger partial charge in [0.25, 0.3) is 0 Å². The summed E-state index contributed by atoms with van der Waals surface area (Å²) in [6.07, 6.45) is 1.40. The predicted molar refractivity (Wildman–Crippen MR) is 96.3 cm³/mol. The van der Waals surface area contributed by atoms with Crippen LogP contribution in [0, 0.1) is 0 Å². The van der Waals surface area contributed by atoms with Gasteiger partial charge in [-0.1, -0.05) is 30.3 Å². The maximum Gasteiger partial charge on any atom is 0.326 e. The van der Waals surface area contributed by atoms with Crippen molar-refractivity contribution in [3.63, 3.8) is 0 Å². The van der Waals surface area contributed by atoms with Crippen LogP contribution >= 0.6 is 12.6 Å². The molecule has 0 unspecified atom stereocenters. The number of carboxylic acids is 1. The normalized spacial score (nSPS) is 19.3. The van der Waals surface area contributed by atoms with Crippen LogP contribution < -0.4 is 11.1 Å². The Kier molecular flexibility index (Phi) is 6.83. The number of hydrogen-bond acceptors (Lipinski definition) is 5. The number of nitrogens with one attached hydrogen (secondary N) is 1. The van der Waals surface area contributed by atoms with E-state index >= 15 is 0 Å². The van der Waals surface area contributed by atoms with Gasteiger partial charge in [-0.3, -0.25) is 9.59 Å². The molecule has 2 amide bonds. The van der Waals surface area contributed by atoms with Crippen LogP contribution in [-0.2, 0) is 20.8 Å². The summed E-state index contributed by atoms with van der Waals surface area (Å²) in [7, 11) is 0. The van der Waals surface area contributed by atoms with Crippen LogP contribution in [0.2, 0.25) is 0 Å². The molecule has 0 bridgehead atoms. The summed E-state index contributed by atoms with van der Waals surface area (Å²) in [5.74, 6) is -1.84. The molecule has 4 N–H and O–H groups in total. The van der Waals surface area contributed by atoms with Crippen LogP contribution in [0.4, 0.5) is 0 Å². The first-order valence-electron chi connectivity index (χ1n) is 8.18. The molecule has 0 radical (unpaired) electrons. The highest BCUT2D eigenvalue weighted by atomic mass is 32.1. The molecule has 1 aliphatic heterocycles. The fraction of sp³-hybridized carbons (Fsp3) is 0.471. The molecule has 1 aromatic carbocycles. The zero-order valence-corrected chi connectivity index (χ0v) is 14.7. The lowest BCUT2D eigenvalue weighted by molar-refractivity contribution is -0.149. The molecule has 0 aromatic heterocycles. The number of carbonyl (C=O) groups excluding carboxylic acids is 2. The van der Waals surface area contributed by atoms with E-state index in [1.165, 1.54) is 4.90 Å². The Balaban J connectivity index is 1.97. The van der Waals surface area contributed by atoms with Gasteiger partial charge in [0.05, 0.1) is 6.04 Å². The maximum absolute atomic E-state index is 12.6. The molecule has 1 saturated heterocycles. The summed E-state index contributed by atoms with van der Waals surface area (Å²) in [5, 5.41) is 11.8. The van der Waals surface area contributed by atoms with E-state index in [9.17, 15) is 19.5 Å². The predicted octanol–water partition coefficient (Wildman–Crippen LogP) is 0.0466. The van der Waals surface area contributed by atoms with Crippen molar-refractivity contribution in [1.29, 1.82) is 0 Å². The van der Waals surface area contributed by atoms with Gasteiger partial charge in [-0.25, -0.2) is 4.79 Å². The monoisotopic (exact) mass is 365 g/mol. The van der Waals surface area contributed by atoms with E-state index in [2.05, 4.69) is 17.9 Å². The van der Waals surface area contributed by atoms with Crippen LogP contribution in [0.1, 0.15) is 18.4 Å². The minimum atomic E-state index is -1.03. The summed E-state index contributed by atoms with van der Waals surface area (Å²) < 4.78 is 0. The van der Waals surface area contributed by atoms with Gasteiger partial charge in [-0.15, -0.1) is 0 Å². The minimum Gasteiger partial charge on any atom is -0.480 e. The van der Waals surface area contributed by atoms with E-state index in [1.54, 1.807) is 0 Å². The lowest BCUT2D eigenvalue weighted by Gasteiger charge is -2.27. The van der Waals surface area contributed by atoms with Gasteiger partial charge >= 0.3 is 5.97 Å². The van der Waals surface area contributed by atoms with Gasteiger partial charge in [0.1, 0.15) is 12.1 Å². The number of rotatable bonds is 7. The average molecular weight is 365 g/mol.